The maximum Gasteiger partial charge on any atom is 0.422 e. The van der Waals surface area contributed by atoms with Crippen molar-refractivity contribution in [3.8, 4) is 5.75 Å². The van der Waals surface area contributed by atoms with Crippen LogP contribution in [0.2, 0.25) is 0 Å². The summed E-state index contributed by atoms with van der Waals surface area (Å²) in [7, 11) is 1.64. The normalized spacial score (nSPS) is 17.0. The molecule has 3 nitrogen and oxygen atoms in total. The number of rotatable bonds is 6. The van der Waals surface area contributed by atoms with Crippen molar-refractivity contribution in [2.24, 2.45) is 0 Å². The monoisotopic (exact) mass is 330 g/mol. The van der Waals surface area contributed by atoms with Crippen molar-refractivity contribution in [3.05, 3.63) is 28.8 Å². The van der Waals surface area contributed by atoms with E-state index in [1.807, 2.05) is 12.1 Å². The van der Waals surface area contributed by atoms with E-state index in [-0.39, 0.29) is 18.3 Å². The summed E-state index contributed by atoms with van der Waals surface area (Å²) in [4.78, 5) is 0. The van der Waals surface area contributed by atoms with E-state index in [4.69, 9.17) is 4.74 Å². The number of alkyl halides is 3. The highest BCUT2D eigenvalue weighted by atomic mass is 19.4. The third-order valence-corrected chi connectivity index (χ3v) is 4.35. The number of halogens is 3. The van der Waals surface area contributed by atoms with Crippen LogP contribution in [0.25, 0.3) is 0 Å². The second kappa shape index (κ2) is 6.32. The minimum Gasteiger partial charge on any atom is -0.496 e. The van der Waals surface area contributed by atoms with Crippen molar-refractivity contribution in [2.75, 3.05) is 7.11 Å². The summed E-state index contributed by atoms with van der Waals surface area (Å²) in [5.41, 5.74) is 5.59. The lowest BCUT2D eigenvalue weighted by Crippen LogP contribution is -2.37. The van der Waals surface area contributed by atoms with Gasteiger partial charge < -0.3 is 4.74 Å². The molecule has 1 aliphatic rings. The van der Waals surface area contributed by atoms with Gasteiger partial charge >= 0.3 is 6.18 Å². The lowest BCUT2D eigenvalue weighted by Gasteiger charge is -2.21. The number of methoxy groups -OCH3 is 1. The molecule has 0 unspecified atom stereocenters. The fourth-order valence-corrected chi connectivity index (χ4v) is 2.79. The summed E-state index contributed by atoms with van der Waals surface area (Å²) < 4.78 is 44.5. The van der Waals surface area contributed by atoms with E-state index in [1.54, 1.807) is 7.11 Å². The van der Waals surface area contributed by atoms with Gasteiger partial charge in [-0.15, -0.1) is 0 Å². The number of hydrazine groups is 1. The predicted molar refractivity (Wildman–Crippen MR) is 84.6 cm³/mol. The molecular weight excluding hydrogens is 305 g/mol. The summed E-state index contributed by atoms with van der Waals surface area (Å²) in [5, 5.41) is 0. The van der Waals surface area contributed by atoms with Crippen LogP contribution < -0.4 is 15.6 Å². The molecule has 0 aromatic heterocycles. The smallest absolute Gasteiger partial charge is 0.422 e. The summed E-state index contributed by atoms with van der Waals surface area (Å²) in [6.45, 7) is 8.25. The number of ether oxygens (including phenoxy) is 1. The van der Waals surface area contributed by atoms with Crippen LogP contribution in [0.4, 0.5) is 13.2 Å². The fraction of sp³-hybridized carbons (Fsp3) is 0.647. The van der Waals surface area contributed by atoms with Crippen LogP contribution in [0, 0.1) is 0 Å². The average Bonchev–Trinajstić information content (AvgIpc) is 3.24. The summed E-state index contributed by atoms with van der Waals surface area (Å²) in [6.07, 6.45) is -3.97. The molecule has 0 atom stereocenters. The third kappa shape index (κ3) is 3.63. The molecule has 2 N–H and O–H groups in total. The Balaban J connectivity index is 2.29. The van der Waals surface area contributed by atoms with E-state index in [2.05, 4.69) is 38.5 Å². The van der Waals surface area contributed by atoms with Gasteiger partial charge in [0.25, 0.3) is 0 Å². The highest BCUT2D eigenvalue weighted by Gasteiger charge is 2.63. The van der Waals surface area contributed by atoms with Gasteiger partial charge in [-0.05, 0) is 41.4 Å². The van der Waals surface area contributed by atoms with Gasteiger partial charge in [0.15, 0.2) is 5.66 Å². The second-order valence-electron chi connectivity index (χ2n) is 6.77. The van der Waals surface area contributed by atoms with Gasteiger partial charge in [-0.25, -0.2) is 10.9 Å². The quantitative estimate of drug-likeness (QED) is 0.767. The maximum absolute atomic E-state index is 13.0. The van der Waals surface area contributed by atoms with Gasteiger partial charge in [0.05, 0.1) is 7.11 Å². The molecule has 0 radical (unpaired) electrons. The Labute approximate surface area is 135 Å². The molecule has 23 heavy (non-hydrogen) atoms. The number of hydrogen-bond donors (Lipinski definition) is 2. The Morgan fingerprint density at radius 2 is 1.52 bits per heavy atom. The molecule has 1 aromatic carbocycles. The van der Waals surface area contributed by atoms with Gasteiger partial charge in [-0.1, -0.05) is 39.8 Å². The van der Waals surface area contributed by atoms with Crippen molar-refractivity contribution < 1.29 is 17.9 Å². The molecule has 130 valence electrons. The Bertz CT molecular complexity index is 534. The first-order chi connectivity index (χ1) is 10.6. The van der Waals surface area contributed by atoms with Crippen LogP contribution in [-0.4, -0.2) is 18.9 Å². The molecule has 0 saturated carbocycles. The first-order valence-electron chi connectivity index (χ1n) is 7.93. The molecule has 0 bridgehead atoms. The molecule has 0 spiro atoms. The van der Waals surface area contributed by atoms with Gasteiger partial charge in [0.2, 0.25) is 0 Å². The molecule has 1 fully saturated rings. The minimum atomic E-state index is -4.29. The highest BCUT2D eigenvalue weighted by molar-refractivity contribution is 5.48. The molecule has 0 aliphatic carbocycles. The van der Waals surface area contributed by atoms with Gasteiger partial charge in [0.1, 0.15) is 5.75 Å². The molecular formula is C17H25F3N2O. The molecule has 1 saturated heterocycles. The number of nitrogens with one attached hydrogen (secondary N) is 2. The third-order valence-electron chi connectivity index (χ3n) is 4.35. The fourth-order valence-electron chi connectivity index (χ4n) is 2.79. The molecule has 2 rings (SSSR count). The van der Waals surface area contributed by atoms with Crippen LogP contribution in [-0.2, 0) is 6.42 Å². The van der Waals surface area contributed by atoms with Crippen molar-refractivity contribution in [1.82, 2.24) is 10.9 Å². The van der Waals surface area contributed by atoms with Gasteiger partial charge in [-0.3, -0.25) is 0 Å². The Hall–Kier alpha value is -1.27. The zero-order valence-corrected chi connectivity index (χ0v) is 14.3. The SMILES string of the molecule is COc1c(C(C)C)cc(CCC2(C(F)(F)F)NN2)cc1C(C)C. The summed E-state index contributed by atoms with van der Waals surface area (Å²) >= 11 is 0. The number of benzene rings is 1. The zero-order chi connectivity index (χ0) is 17.4. The standard InChI is InChI=1S/C17H25F3N2O/c1-10(2)13-8-12(9-14(11(3)4)15(13)23-5)6-7-16(21-22-16)17(18,19)20/h8-11,21-22H,6-7H2,1-5H3. The average molecular weight is 330 g/mol. The van der Waals surface area contributed by atoms with Crippen molar-refractivity contribution in [2.45, 2.75) is 64.2 Å². The van der Waals surface area contributed by atoms with Crippen LogP contribution >= 0.6 is 0 Å². The minimum absolute atomic E-state index is 0.0299. The Morgan fingerprint density at radius 1 is 1.04 bits per heavy atom. The van der Waals surface area contributed by atoms with E-state index in [0.29, 0.717) is 6.42 Å². The molecule has 1 aromatic rings. The van der Waals surface area contributed by atoms with E-state index in [9.17, 15) is 13.2 Å². The van der Waals surface area contributed by atoms with Crippen molar-refractivity contribution in [3.63, 3.8) is 0 Å². The number of aryl methyl sites for hydroxylation is 1. The van der Waals surface area contributed by atoms with Crippen LogP contribution in [0.15, 0.2) is 12.1 Å². The van der Waals surface area contributed by atoms with E-state index in [1.165, 1.54) is 0 Å². The number of hydrogen-bond acceptors (Lipinski definition) is 3. The predicted octanol–water partition coefficient (Wildman–Crippen LogP) is 4.24. The topological polar surface area (TPSA) is 53.1 Å². The molecule has 1 heterocycles. The lowest BCUT2D eigenvalue weighted by molar-refractivity contribution is -0.164. The first-order valence-corrected chi connectivity index (χ1v) is 7.93. The van der Waals surface area contributed by atoms with E-state index >= 15 is 0 Å². The van der Waals surface area contributed by atoms with Gasteiger partial charge in [0, 0.05) is 0 Å². The first kappa shape index (κ1) is 18.1. The molecule has 6 heteroatoms. The largest absolute Gasteiger partial charge is 0.496 e. The van der Waals surface area contributed by atoms with Crippen molar-refractivity contribution in [1.29, 1.82) is 0 Å². The molecule has 1 aliphatic heterocycles. The summed E-state index contributed by atoms with van der Waals surface area (Å²) in [5.74, 6) is 1.35. The molecule has 0 amide bonds. The van der Waals surface area contributed by atoms with E-state index < -0.39 is 11.8 Å². The van der Waals surface area contributed by atoms with Gasteiger partial charge in [-0.2, -0.15) is 13.2 Å². The van der Waals surface area contributed by atoms with Crippen LogP contribution in [0.3, 0.4) is 0 Å². The highest BCUT2D eigenvalue weighted by Crippen LogP contribution is 2.39. The van der Waals surface area contributed by atoms with E-state index in [0.717, 1.165) is 22.4 Å². The maximum atomic E-state index is 13.0. The Morgan fingerprint density at radius 3 is 1.83 bits per heavy atom. The lowest BCUT2D eigenvalue weighted by atomic mass is 9.89. The summed E-state index contributed by atoms with van der Waals surface area (Å²) in [6, 6.07) is 3.95. The Kier molecular flexibility index (Phi) is 4.97. The van der Waals surface area contributed by atoms with Crippen LogP contribution in [0.5, 0.6) is 5.75 Å². The van der Waals surface area contributed by atoms with Crippen molar-refractivity contribution >= 4 is 0 Å². The van der Waals surface area contributed by atoms with Crippen LogP contribution in [0.1, 0.15) is 62.6 Å². The second-order valence-corrected chi connectivity index (χ2v) is 6.77. The zero-order valence-electron chi connectivity index (χ0n) is 14.3.